The fraction of sp³-hybridized carbons (Fsp3) is 0.600. The van der Waals surface area contributed by atoms with Gasteiger partial charge in [-0.05, 0) is 19.1 Å². The second-order valence-corrected chi connectivity index (χ2v) is 5.62. The minimum absolute atomic E-state index is 0.238. The van der Waals surface area contributed by atoms with Gasteiger partial charge in [0.05, 0.1) is 24.9 Å². The second-order valence-electron chi connectivity index (χ2n) is 5.62. The maximum atomic E-state index is 13.1. The van der Waals surface area contributed by atoms with Crippen molar-refractivity contribution in [2.45, 2.75) is 19.3 Å². The number of hydrogen-bond donors (Lipinski definition) is 0. The van der Waals surface area contributed by atoms with Crippen LogP contribution >= 0.6 is 0 Å². The van der Waals surface area contributed by atoms with Gasteiger partial charge in [-0.15, -0.1) is 0 Å². The lowest BCUT2D eigenvalue weighted by molar-refractivity contribution is -0.142. The van der Waals surface area contributed by atoms with E-state index in [-0.39, 0.29) is 13.1 Å². The van der Waals surface area contributed by atoms with E-state index in [2.05, 4.69) is 9.72 Å². The molecule has 0 aliphatic carbocycles. The molecule has 1 aliphatic heterocycles. The van der Waals surface area contributed by atoms with E-state index in [4.69, 9.17) is 0 Å². The first-order valence-corrected chi connectivity index (χ1v) is 7.44. The average molecular weight is 349 g/mol. The first-order chi connectivity index (χ1) is 11.2. The van der Waals surface area contributed by atoms with Gasteiger partial charge < -0.3 is 9.64 Å². The molecule has 0 atom stereocenters. The van der Waals surface area contributed by atoms with Gasteiger partial charge in [0.2, 0.25) is 0 Å². The van der Waals surface area contributed by atoms with Crippen molar-refractivity contribution in [3.63, 3.8) is 0 Å². The summed E-state index contributed by atoms with van der Waals surface area (Å²) in [4.78, 5) is 19.1. The Kier molecular flexibility index (Phi) is 5.63. The first-order valence-electron chi connectivity index (χ1n) is 7.44. The summed E-state index contributed by atoms with van der Waals surface area (Å²) < 4.78 is 55.3. The topological polar surface area (TPSA) is 45.7 Å². The van der Waals surface area contributed by atoms with Crippen LogP contribution in [-0.4, -0.2) is 68.0 Å². The number of alkyl halides is 4. The van der Waals surface area contributed by atoms with Crippen LogP contribution in [0.5, 0.6) is 0 Å². The molecular formula is C15H19F4N3O2. The lowest BCUT2D eigenvalue weighted by atomic mass is 10.2. The summed E-state index contributed by atoms with van der Waals surface area (Å²) in [6, 6.07) is 3.25. The van der Waals surface area contributed by atoms with Crippen LogP contribution in [0.2, 0.25) is 0 Å². The number of methoxy groups -OCH3 is 1. The highest BCUT2D eigenvalue weighted by molar-refractivity contribution is 5.90. The first kappa shape index (κ1) is 18.4. The van der Waals surface area contributed by atoms with Crippen LogP contribution < -0.4 is 4.90 Å². The van der Waals surface area contributed by atoms with Crippen molar-refractivity contribution in [1.29, 1.82) is 0 Å². The monoisotopic (exact) mass is 349 g/mol. The number of carbonyl (C=O) groups is 1. The molecule has 0 saturated carbocycles. The van der Waals surface area contributed by atoms with Gasteiger partial charge in [-0.2, -0.15) is 8.78 Å². The van der Waals surface area contributed by atoms with Crippen molar-refractivity contribution in [2.24, 2.45) is 0 Å². The SMILES string of the molecule is COC(=O)c1ccc(N2CCN(CC(F)(F)C(F)F)CC2)nc1C. The molecule has 1 aromatic rings. The lowest BCUT2D eigenvalue weighted by Crippen LogP contribution is -2.51. The Labute approximate surface area is 137 Å². The smallest absolute Gasteiger partial charge is 0.339 e. The third kappa shape index (κ3) is 4.14. The van der Waals surface area contributed by atoms with Crippen molar-refractivity contribution in [1.82, 2.24) is 9.88 Å². The van der Waals surface area contributed by atoms with E-state index in [1.807, 2.05) is 4.90 Å². The van der Waals surface area contributed by atoms with Crippen molar-refractivity contribution in [2.75, 3.05) is 44.7 Å². The van der Waals surface area contributed by atoms with Gasteiger partial charge in [0.15, 0.2) is 0 Å². The largest absolute Gasteiger partial charge is 0.465 e. The second kappa shape index (κ2) is 7.33. The molecule has 0 spiro atoms. The Balaban J connectivity index is 1.97. The predicted octanol–water partition coefficient (Wildman–Crippen LogP) is 2.20. The van der Waals surface area contributed by atoms with Crippen molar-refractivity contribution in [3.05, 3.63) is 23.4 Å². The number of anilines is 1. The number of hydrogen-bond acceptors (Lipinski definition) is 5. The molecule has 0 amide bonds. The Morgan fingerprint density at radius 1 is 1.29 bits per heavy atom. The zero-order chi connectivity index (χ0) is 17.9. The summed E-state index contributed by atoms with van der Waals surface area (Å²) >= 11 is 0. The van der Waals surface area contributed by atoms with E-state index in [1.54, 1.807) is 19.1 Å². The minimum Gasteiger partial charge on any atom is -0.465 e. The van der Waals surface area contributed by atoms with Gasteiger partial charge in [-0.3, -0.25) is 4.90 Å². The molecule has 0 unspecified atom stereocenters. The number of rotatable bonds is 5. The standard InChI is InChI=1S/C15H19F4N3O2/c1-10-11(13(23)24-2)3-4-12(20-10)22-7-5-21(6-8-22)9-15(18,19)14(16)17/h3-4,14H,5-9H2,1-2H3. The molecule has 2 rings (SSSR count). The molecule has 0 aromatic carbocycles. The number of carbonyl (C=O) groups excluding carboxylic acids is 1. The molecule has 1 aliphatic rings. The highest BCUT2D eigenvalue weighted by Gasteiger charge is 2.42. The summed E-state index contributed by atoms with van der Waals surface area (Å²) in [6.07, 6.45) is -3.66. The van der Waals surface area contributed by atoms with Crippen LogP contribution in [0.25, 0.3) is 0 Å². The average Bonchev–Trinajstić information content (AvgIpc) is 2.54. The van der Waals surface area contributed by atoms with Gasteiger partial charge in [0, 0.05) is 26.2 Å². The molecule has 1 fully saturated rings. The summed E-state index contributed by atoms with van der Waals surface area (Å²) in [5.41, 5.74) is 0.863. The van der Waals surface area contributed by atoms with Gasteiger partial charge in [0.25, 0.3) is 0 Å². The van der Waals surface area contributed by atoms with Crippen LogP contribution in [-0.2, 0) is 4.74 Å². The zero-order valence-electron chi connectivity index (χ0n) is 13.4. The molecule has 134 valence electrons. The number of piperazine rings is 1. The predicted molar refractivity (Wildman–Crippen MR) is 79.9 cm³/mol. The summed E-state index contributed by atoms with van der Waals surface area (Å²) in [5.74, 6) is -3.87. The summed E-state index contributed by atoms with van der Waals surface area (Å²) in [5, 5.41) is 0. The molecule has 0 radical (unpaired) electrons. The number of aromatic nitrogens is 1. The molecule has 1 saturated heterocycles. The van der Waals surface area contributed by atoms with E-state index in [1.165, 1.54) is 12.0 Å². The molecule has 0 N–H and O–H groups in total. The molecule has 1 aromatic heterocycles. The van der Waals surface area contributed by atoms with E-state index in [0.717, 1.165) is 0 Å². The Hall–Kier alpha value is -1.90. The fourth-order valence-corrected chi connectivity index (χ4v) is 2.55. The van der Waals surface area contributed by atoms with Crippen molar-refractivity contribution < 1.29 is 27.1 Å². The summed E-state index contributed by atoms with van der Waals surface area (Å²) in [6.45, 7) is 1.98. The highest BCUT2D eigenvalue weighted by Crippen LogP contribution is 2.25. The molecule has 24 heavy (non-hydrogen) atoms. The van der Waals surface area contributed by atoms with Crippen LogP contribution in [0.1, 0.15) is 16.1 Å². The number of pyridine rings is 1. The fourth-order valence-electron chi connectivity index (χ4n) is 2.55. The van der Waals surface area contributed by atoms with Crippen molar-refractivity contribution >= 4 is 11.8 Å². The van der Waals surface area contributed by atoms with E-state index in [0.29, 0.717) is 30.2 Å². The Morgan fingerprint density at radius 2 is 1.92 bits per heavy atom. The van der Waals surface area contributed by atoms with Gasteiger partial charge in [0.1, 0.15) is 5.82 Å². The molecular weight excluding hydrogens is 330 g/mol. The Bertz CT molecular complexity index is 590. The highest BCUT2D eigenvalue weighted by atomic mass is 19.3. The lowest BCUT2D eigenvalue weighted by Gasteiger charge is -2.36. The van der Waals surface area contributed by atoms with E-state index >= 15 is 0 Å². The normalized spacial score (nSPS) is 16.5. The number of nitrogens with zero attached hydrogens (tertiary/aromatic N) is 3. The quantitative estimate of drug-likeness (QED) is 0.602. The van der Waals surface area contributed by atoms with Gasteiger partial charge in [-0.25, -0.2) is 18.6 Å². The summed E-state index contributed by atoms with van der Waals surface area (Å²) in [7, 11) is 1.28. The zero-order valence-corrected chi connectivity index (χ0v) is 13.4. The van der Waals surface area contributed by atoms with Crippen LogP contribution in [0, 0.1) is 6.92 Å². The molecule has 2 heterocycles. The Morgan fingerprint density at radius 3 is 2.42 bits per heavy atom. The van der Waals surface area contributed by atoms with Gasteiger partial charge >= 0.3 is 18.3 Å². The van der Waals surface area contributed by atoms with Crippen LogP contribution in [0.15, 0.2) is 12.1 Å². The van der Waals surface area contributed by atoms with E-state index < -0.39 is 24.9 Å². The molecule has 9 heteroatoms. The third-order valence-corrected chi connectivity index (χ3v) is 3.93. The molecule has 5 nitrogen and oxygen atoms in total. The third-order valence-electron chi connectivity index (χ3n) is 3.93. The number of halogens is 4. The number of aryl methyl sites for hydroxylation is 1. The number of esters is 1. The maximum absolute atomic E-state index is 13.1. The van der Waals surface area contributed by atoms with Crippen molar-refractivity contribution in [3.8, 4) is 0 Å². The van der Waals surface area contributed by atoms with E-state index in [9.17, 15) is 22.4 Å². The maximum Gasteiger partial charge on any atom is 0.339 e. The van der Waals surface area contributed by atoms with Crippen LogP contribution in [0.4, 0.5) is 23.4 Å². The minimum atomic E-state index is -4.00. The van der Waals surface area contributed by atoms with Crippen LogP contribution in [0.3, 0.4) is 0 Å². The number of ether oxygens (including phenoxy) is 1. The van der Waals surface area contributed by atoms with Gasteiger partial charge in [-0.1, -0.05) is 0 Å². The molecule has 0 bridgehead atoms.